The van der Waals surface area contributed by atoms with Crippen LogP contribution in [0.2, 0.25) is 0 Å². The maximum atomic E-state index is 11.1. The number of benzene rings is 1. The number of guanidine groups is 1. The molecule has 2 heterocycles. The molecule has 6 nitrogen and oxygen atoms in total. The average Bonchev–Trinajstić information content (AvgIpc) is 2.78. The molecule has 1 N–H and O–H groups in total. The molecule has 80 valence electrons. The molecule has 1 aromatic rings. The molecule has 0 saturated heterocycles. The summed E-state index contributed by atoms with van der Waals surface area (Å²) in [6.07, 6.45) is -0.439. The molecule has 6 heteroatoms. The van der Waals surface area contributed by atoms with Crippen molar-refractivity contribution in [3.63, 3.8) is 0 Å². The van der Waals surface area contributed by atoms with E-state index in [1.54, 1.807) is 29.2 Å². The van der Waals surface area contributed by atoms with Crippen molar-refractivity contribution < 1.29 is 9.90 Å². The quantitative estimate of drug-likeness (QED) is 0.762. The lowest BCUT2D eigenvalue weighted by Crippen LogP contribution is -2.26. The molecular formula is C10H8N4O2. The van der Waals surface area contributed by atoms with Crippen LogP contribution in [0.5, 0.6) is 5.75 Å². The molecule has 0 fully saturated rings. The molecule has 2 aliphatic heterocycles. The van der Waals surface area contributed by atoms with Crippen molar-refractivity contribution in [3.8, 4) is 5.75 Å². The molecule has 0 aromatic heterocycles. The minimum atomic E-state index is -0.439. The SMILES string of the molecule is O=C1CN2C(=N1)N=NC2c1ccccc1O. The van der Waals surface area contributed by atoms with E-state index in [1.165, 1.54) is 0 Å². The van der Waals surface area contributed by atoms with E-state index < -0.39 is 6.17 Å². The number of phenols is 1. The molecule has 0 aliphatic carbocycles. The van der Waals surface area contributed by atoms with Crippen molar-refractivity contribution >= 4 is 11.9 Å². The highest BCUT2D eigenvalue weighted by Crippen LogP contribution is 2.34. The highest BCUT2D eigenvalue weighted by molar-refractivity contribution is 6.01. The number of carbonyl (C=O) groups is 1. The number of rotatable bonds is 1. The Morgan fingerprint density at radius 2 is 2.19 bits per heavy atom. The number of aromatic hydroxyl groups is 1. The van der Waals surface area contributed by atoms with E-state index in [-0.39, 0.29) is 18.2 Å². The summed E-state index contributed by atoms with van der Waals surface area (Å²) in [5.41, 5.74) is 0.631. The summed E-state index contributed by atoms with van der Waals surface area (Å²) in [6.45, 7) is 0.168. The number of aliphatic imine (C=N–C) groups is 1. The highest BCUT2D eigenvalue weighted by Gasteiger charge is 2.36. The standard InChI is InChI=1S/C10H8N4O2/c15-7-4-2-1-3-6(7)9-12-13-10-11-8(16)5-14(9)10/h1-4,9,15H,5H2. The van der Waals surface area contributed by atoms with Crippen LogP contribution in [0, 0.1) is 0 Å². The van der Waals surface area contributed by atoms with Gasteiger partial charge in [0.15, 0.2) is 6.17 Å². The summed E-state index contributed by atoms with van der Waals surface area (Å²) in [7, 11) is 0. The molecule has 1 amide bonds. The van der Waals surface area contributed by atoms with E-state index in [0.29, 0.717) is 11.5 Å². The zero-order chi connectivity index (χ0) is 11.1. The van der Waals surface area contributed by atoms with Gasteiger partial charge >= 0.3 is 0 Å². The number of hydrogen-bond donors (Lipinski definition) is 1. The number of fused-ring (bicyclic) bond motifs is 1. The van der Waals surface area contributed by atoms with E-state index in [1.807, 2.05) is 0 Å². The first-order valence-electron chi connectivity index (χ1n) is 4.82. The first kappa shape index (κ1) is 9.02. The Labute approximate surface area is 90.9 Å². The van der Waals surface area contributed by atoms with Gasteiger partial charge in [-0.1, -0.05) is 18.2 Å². The summed E-state index contributed by atoms with van der Waals surface area (Å²) in [6, 6.07) is 6.87. The minimum Gasteiger partial charge on any atom is -0.508 e. The summed E-state index contributed by atoms with van der Waals surface area (Å²) in [5.74, 6) is 0.249. The Balaban J connectivity index is 2.00. The first-order valence-corrected chi connectivity index (χ1v) is 4.82. The van der Waals surface area contributed by atoms with Gasteiger partial charge in [-0.25, -0.2) is 0 Å². The van der Waals surface area contributed by atoms with Crippen LogP contribution in [0.1, 0.15) is 11.7 Å². The number of carbonyl (C=O) groups excluding carboxylic acids is 1. The largest absolute Gasteiger partial charge is 0.508 e. The van der Waals surface area contributed by atoms with Crippen LogP contribution in [0.25, 0.3) is 0 Å². The Morgan fingerprint density at radius 1 is 1.38 bits per heavy atom. The topological polar surface area (TPSA) is 77.6 Å². The fourth-order valence-electron chi connectivity index (χ4n) is 1.81. The molecule has 16 heavy (non-hydrogen) atoms. The molecule has 1 unspecified atom stereocenters. The number of para-hydroxylation sites is 1. The van der Waals surface area contributed by atoms with Crippen LogP contribution in [-0.4, -0.2) is 28.4 Å². The average molecular weight is 216 g/mol. The fourth-order valence-corrected chi connectivity index (χ4v) is 1.81. The highest BCUT2D eigenvalue weighted by atomic mass is 16.3. The molecular weight excluding hydrogens is 208 g/mol. The number of phenolic OH excluding ortho intramolecular Hbond substituents is 1. The zero-order valence-electron chi connectivity index (χ0n) is 8.24. The first-order chi connectivity index (χ1) is 7.75. The molecule has 0 saturated carbocycles. The predicted octanol–water partition coefficient (Wildman–Crippen LogP) is 1.05. The van der Waals surface area contributed by atoms with E-state index >= 15 is 0 Å². The molecule has 1 aromatic carbocycles. The third kappa shape index (κ3) is 1.19. The second-order valence-corrected chi connectivity index (χ2v) is 3.58. The van der Waals surface area contributed by atoms with E-state index in [9.17, 15) is 9.90 Å². The zero-order valence-corrected chi connectivity index (χ0v) is 8.24. The maximum absolute atomic E-state index is 11.1. The van der Waals surface area contributed by atoms with E-state index in [2.05, 4.69) is 15.2 Å². The van der Waals surface area contributed by atoms with Crippen LogP contribution in [-0.2, 0) is 4.79 Å². The van der Waals surface area contributed by atoms with Crippen molar-refractivity contribution in [1.29, 1.82) is 0 Å². The third-order valence-corrected chi connectivity index (χ3v) is 2.55. The van der Waals surface area contributed by atoms with E-state index in [4.69, 9.17) is 0 Å². The Bertz CT molecular complexity index is 523. The monoisotopic (exact) mass is 216 g/mol. The molecule has 3 rings (SSSR count). The van der Waals surface area contributed by atoms with Gasteiger partial charge in [-0.2, -0.15) is 10.1 Å². The Kier molecular flexibility index (Phi) is 1.76. The molecule has 0 bridgehead atoms. The van der Waals surface area contributed by atoms with Gasteiger partial charge in [-0.05, 0) is 6.07 Å². The summed E-state index contributed by atoms with van der Waals surface area (Å²) < 4.78 is 0. The number of nitrogens with zero attached hydrogens (tertiary/aromatic N) is 4. The molecule has 2 aliphatic rings. The molecule has 0 radical (unpaired) electrons. The van der Waals surface area contributed by atoms with Gasteiger partial charge in [0.05, 0.1) is 0 Å². The van der Waals surface area contributed by atoms with Crippen molar-refractivity contribution in [2.75, 3.05) is 6.54 Å². The van der Waals surface area contributed by atoms with Crippen molar-refractivity contribution in [2.24, 2.45) is 15.2 Å². The van der Waals surface area contributed by atoms with Gasteiger partial charge in [0.1, 0.15) is 12.3 Å². The van der Waals surface area contributed by atoms with Crippen LogP contribution in [0.4, 0.5) is 0 Å². The van der Waals surface area contributed by atoms with Crippen LogP contribution >= 0.6 is 0 Å². The van der Waals surface area contributed by atoms with Gasteiger partial charge in [-0.3, -0.25) is 4.79 Å². The predicted molar refractivity (Wildman–Crippen MR) is 54.9 cm³/mol. The van der Waals surface area contributed by atoms with Gasteiger partial charge in [0.25, 0.3) is 11.9 Å². The Hall–Kier alpha value is -2.24. The summed E-state index contributed by atoms with van der Waals surface area (Å²) in [5, 5.41) is 17.5. The third-order valence-electron chi connectivity index (χ3n) is 2.55. The van der Waals surface area contributed by atoms with Gasteiger partial charge in [-0.15, -0.1) is 5.11 Å². The van der Waals surface area contributed by atoms with Crippen molar-refractivity contribution in [2.45, 2.75) is 6.17 Å². The minimum absolute atomic E-state index is 0.145. The number of azo groups is 1. The lowest BCUT2D eigenvalue weighted by molar-refractivity contribution is -0.117. The van der Waals surface area contributed by atoms with Crippen LogP contribution < -0.4 is 0 Å². The smallest absolute Gasteiger partial charge is 0.268 e. The van der Waals surface area contributed by atoms with Gasteiger partial charge < -0.3 is 10.0 Å². The number of hydrogen-bond acceptors (Lipinski definition) is 5. The summed E-state index contributed by atoms with van der Waals surface area (Å²) >= 11 is 0. The van der Waals surface area contributed by atoms with Crippen molar-refractivity contribution in [3.05, 3.63) is 29.8 Å². The molecule has 1 atom stereocenters. The summed E-state index contributed by atoms with van der Waals surface area (Å²) in [4.78, 5) is 16.5. The normalized spacial score (nSPS) is 22.5. The molecule has 0 spiro atoms. The lowest BCUT2D eigenvalue weighted by atomic mass is 10.1. The maximum Gasteiger partial charge on any atom is 0.268 e. The van der Waals surface area contributed by atoms with Crippen molar-refractivity contribution in [1.82, 2.24) is 4.90 Å². The van der Waals surface area contributed by atoms with Gasteiger partial charge in [0, 0.05) is 5.56 Å². The lowest BCUT2D eigenvalue weighted by Gasteiger charge is -2.18. The van der Waals surface area contributed by atoms with Crippen LogP contribution in [0.3, 0.4) is 0 Å². The van der Waals surface area contributed by atoms with Crippen LogP contribution in [0.15, 0.2) is 39.5 Å². The van der Waals surface area contributed by atoms with Gasteiger partial charge in [0.2, 0.25) is 0 Å². The Morgan fingerprint density at radius 3 is 3.00 bits per heavy atom. The second-order valence-electron chi connectivity index (χ2n) is 3.58. The second kappa shape index (κ2) is 3.13. The fraction of sp³-hybridized carbons (Fsp3) is 0.200. The number of amides is 1. The van der Waals surface area contributed by atoms with E-state index in [0.717, 1.165) is 0 Å².